The Morgan fingerprint density at radius 2 is 2.00 bits per heavy atom. The van der Waals surface area contributed by atoms with Gasteiger partial charge in [0.1, 0.15) is 29.2 Å². The number of thiophene rings is 1. The maximum Gasteiger partial charge on any atom is 0.252 e. The zero-order chi connectivity index (χ0) is 19.4. The van der Waals surface area contributed by atoms with Crippen LogP contribution in [-0.2, 0) is 10.0 Å². The SMILES string of the molecule is O=S(=O)(c1cccs1)N1CC[NH+](C[C@H](O)COc2cc(Cl)ccc2Cl)CC1. The summed E-state index contributed by atoms with van der Waals surface area (Å²) in [5.74, 6) is 0.435. The molecule has 0 aliphatic carbocycles. The number of ether oxygens (including phenoxy) is 1. The summed E-state index contributed by atoms with van der Waals surface area (Å²) >= 11 is 13.2. The molecule has 0 amide bonds. The second kappa shape index (κ2) is 9.09. The van der Waals surface area contributed by atoms with Crippen molar-refractivity contribution in [2.24, 2.45) is 0 Å². The Bertz CT molecular complexity index is 854. The third-order valence-corrected chi connectivity index (χ3v) is 8.19. The Morgan fingerprint density at radius 3 is 2.67 bits per heavy atom. The minimum atomic E-state index is -3.40. The van der Waals surface area contributed by atoms with Gasteiger partial charge < -0.3 is 14.7 Å². The maximum absolute atomic E-state index is 12.5. The standard InChI is InChI=1S/C17H20Cl2N2O4S2/c18-13-3-4-15(19)16(10-13)25-12-14(22)11-20-5-7-21(8-6-20)27(23,24)17-2-1-9-26-17/h1-4,9-10,14,22H,5-8,11-12H2/p+1/t14-/m0/s1. The van der Waals surface area contributed by atoms with Gasteiger partial charge in [0.25, 0.3) is 10.0 Å². The fourth-order valence-corrected chi connectivity index (χ4v) is 5.87. The van der Waals surface area contributed by atoms with E-state index < -0.39 is 16.1 Å². The van der Waals surface area contributed by atoms with Crippen molar-refractivity contribution in [2.75, 3.05) is 39.3 Å². The van der Waals surface area contributed by atoms with Gasteiger partial charge in [0.2, 0.25) is 0 Å². The lowest BCUT2D eigenvalue weighted by molar-refractivity contribution is -0.906. The molecule has 2 N–H and O–H groups in total. The number of benzene rings is 1. The van der Waals surface area contributed by atoms with Crippen molar-refractivity contribution in [2.45, 2.75) is 10.3 Å². The molecule has 1 atom stereocenters. The lowest BCUT2D eigenvalue weighted by Crippen LogP contribution is -3.15. The van der Waals surface area contributed by atoms with E-state index >= 15 is 0 Å². The second-order valence-corrected chi connectivity index (χ2v) is 10.3. The molecule has 0 bridgehead atoms. The molecule has 0 unspecified atom stereocenters. The number of aliphatic hydroxyl groups is 1. The van der Waals surface area contributed by atoms with Crippen molar-refractivity contribution >= 4 is 44.6 Å². The van der Waals surface area contributed by atoms with Crippen LogP contribution in [0.3, 0.4) is 0 Å². The predicted octanol–water partition coefficient (Wildman–Crippen LogP) is 1.38. The number of quaternary nitrogens is 1. The summed E-state index contributed by atoms with van der Waals surface area (Å²) in [7, 11) is -3.40. The van der Waals surface area contributed by atoms with Crippen molar-refractivity contribution < 1.29 is 23.2 Å². The highest BCUT2D eigenvalue weighted by Gasteiger charge is 2.31. The third-order valence-electron chi connectivity index (χ3n) is 4.37. The average Bonchev–Trinajstić information content (AvgIpc) is 3.18. The first kappa shape index (κ1) is 20.9. The molecule has 1 aliphatic rings. The number of piperazine rings is 1. The van der Waals surface area contributed by atoms with Crippen LogP contribution in [0.1, 0.15) is 0 Å². The summed E-state index contributed by atoms with van der Waals surface area (Å²) in [6, 6.07) is 8.28. The largest absolute Gasteiger partial charge is 0.489 e. The lowest BCUT2D eigenvalue weighted by Gasteiger charge is -2.32. The fraction of sp³-hybridized carbons (Fsp3) is 0.412. The molecule has 0 saturated carbocycles. The van der Waals surface area contributed by atoms with Gasteiger partial charge >= 0.3 is 0 Å². The smallest absolute Gasteiger partial charge is 0.252 e. The van der Waals surface area contributed by atoms with Gasteiger partial charge in [-0.25, -0.2) is 8.42 Å². The molecule has 0 spiro atoms. The van der Waals surface area contributed by atoms with E-state index in [-0.39, 0.29) is 6.61 Å². The summed E-state index contributed by atoms with van der Waals surface area (Å²) in [6.07, 6.45) is -0.685. The van der Waals surface area contributed by atoms with Gasteiger partial charge in [-0.3, -0.25) is 0 Å². The van der Waals surface area contributed by atoms with E-state index in [1.807, 2.05) is 0 Å². The normalized spacial score (nSPS) is 17.7. The molecule has 1 aromatic heterocycles. The highest BCUT2D eigenvalue weighted by atomic mass is 35.5. The third kappa shape index (κ3) is 5.35. The zero-order valence-corrected chi connectivity index (χ0v) is 17.6. The van der Waals surface area contributed by atoms with E-state index in [0.29, 0.717) is 52.7 Å². The van der Waals surface area contributed by atoms with Gasteiger partial charge in [-0.2, -0.15) is 4.31 Å². The molecule has 1 aromatic carbocycles. The molecule has 6 nitrogen and oxygen atoms in total. The number of hydrogen-bond acceptors (Lipinski definition) is 5. The van der Waals surface area contributed by atoms with Crippen molar-refractivity contribution in [1.29, 1.82) is 0 Å². The van der Waals surface area contributed by atoms with Crippen LogP contribution < -0.4 is 9.64 Å². The molecule has 0 radical (unpaired) electrons. The molecule has 10 heteroatoms. The van der Waals surface area contributed by atoms with Gasteiger partial charge in [0.05, 0.1) is 31.2 Å². The molecule has 27 heavy (non-hydrogen) atoms. The number of halogens is 2. The Kier molecular flexibility index (Phi) is 7.02. The molecule has 1 fully saturated rings. The Hall–Kier alpha value is -0.870. The predicted molar refractivity (Wildman–Crippen MR) is 107 cm³/mol. The maximum atomic E-state index is 12.5. The van der Waals surface area contributed by atoms with E-state index in [9.17, 15) is 13.5 Å². The molecule has 2 heterocycles. The van der Waals surface area contributed by atoms with Gasteiger partial charge in [-0.15, -0.1) is 11.3 Å². The van der Waals surface area contributed by atoms with Gasteiger partial charge in [0.15, 0.2) is 0 Å². The first-order valence-corrected chi connectivity index (χ1v) is 11.6. The fourth-order valence-electron chi connectivity index (χ4n) is 2.95. The van der Waals surface area contributed by atoms with Crippen LogP contribution in [0.2, 0.25) is 10.0 Å². The zero-order valence-electron chi connectivity index (χ0n) is 14.5. The number of nitrogens with one attached hydrogen (secondary N) is 1. The Morgan fingerprint density at radius 1 is 1.26 bits per heavy atom. The number of sulfonamides is 1. The van der Waals surface area contributed by atoms with Crippen LogP contribution >= 0.6 is 34.5 Å². The van der Waals surface area contributed by atoms with Crippen LogP contribution in [-0.4, -0.2) is 63.3 Å². The van der Waals surface area contributed by atoms with E-state index in [0.717, 1.165) is 4.90 Å². The number of aliphatic hydroxyl groups excluding tert-OH is 1. The molecular weight excluding hydrogens is 431 g/mol. The number of hydrogen-bond donors (Lipinski definition) is 2. The van der Waals surface area contributed by atoms with Crippen LogP contribution in [0.4, 0.5) is 0 Å². The molecule has 1 aliphatic heterocycles. The Labute approximate surface area is 172 Å². The average molecular weight is 452 g/mol. The molecule has 1 saturated heterocycles. The van der Waals surface area contributed by atoms with Crippen LogP contribution in [0, 0.1) is 0 Å². The quantitative estimate of drug-likeness (QED) is 0.666. The van der Waals surface area contributed by atoms with Gasteiger partial charge in [0, 0.05) is 11.1 Å². The molecule has 2 aromatic rings. The van der Waals surface area contributed by atoms with Crippen LogP contribution in [0.5, 0.6) is 5.75 Å². The molecule has 148 valence electrons. The number of nitrogens with zero attached hydrogens (tertiary/aromatic N) is 1. The summed E-state index contributed by atoms with van der Waals surface area (Å²) in [4.78, 5) is 1.14. The topological polar surface area (TPSA) is 71.3 Å². The van der Waals surface area contributed by atoms with E-state index in [2.05, 4.69) is 0 Å². The first-order valence-electron chi connectivity index (χ1n) is 8.49. The summed E-state index contributed by atoms with van der Waals surface area (Å²) < 4.78 is 32.5. The monoisotopic (exact) mass is 451 g/mol. The molecule has 3 rings (SSSR count). The Balaban J connectivity index is 1.47. The van der Waals surface area contributed by atoms with E-state index in [4.69, 9.17) is 27.9 Å². The minimum Gasteiger partial charge on any atom is -0.489 e. The van der Waals surface area contributed by atoms with E-state index in [1.54, 1.807) is 35.7 Å². The van der Waals surface area contributed by atoms with Gasteiger partial charge in [-0.1, -0.05) is 29.3 Å². The summed E-state index contributed by atoms with van der Waals surface area (Å²) in [5.41, 5.74) is 0. The van der Waals surface area contributed by atoms with Crippen molar-refractivity contribution in [1.82, 2.24) is 4.31 Å². The second-order valence-electron chi connectivity index (χ2n) is 6.33. The van der Waals surface area contributed by atoms with Crippen molar-refractivity contribution in [3.05, 3.63) is 45.8 Å². The minimum absolute atomic E-state index is 0.0980. The summed E-state index contributed by atoms with van der Waals surface area (Å²) in [5, 5.41) is 13.0. The van der Waals surface area contributed by atoms with Crippen molar-refractivity contribution in [3.63, 3.8) is 0 Å². The van der Waals surface area contributed by atoms with Crippen LogP contribution in [0.15, 0.2) is 39.9 Å². The van der Waals surface area contributed by atoms with Gasteiger partial charge in [-0.05, 0) is 23.6 Å². The first-order chi connectivity index (χ1) is 12.9. The molecular formula is C17H21Cl2N2O4S2+. The highest BCUT2D eigenvalue weighted by Crippen LogP contribution is 2.27. The van der Waals surface area contributed by atoms with E-state index in [1.165, 1.54) is 15.6 Å². The van der Waals surface area contributed by atoms with Crippen molar-refractivity contribution in [3.8, 4) is 5.75 Å². The lowest BCUT2D eigenvalue weighted by atomic mass is 10.3. The number of rotatable bonds is 7. The summed E-state index contributed by atoms with van der Waals surface area (Å²) in [6.45, 7) is 2.72. The highest BCUT2D eigenvalue weighted by molar-refractivity contribution is 7.91. The van der Waals surface area contributed by atoms with Crippen LogP contribution in [0.25, 0.3) is 0 Å².